The summed E-state index contributed by atoms with van der Waals surface area (Å²) in [6.45, 7) is 4.66. The van der Waals surface area contributed by atoms with E-state index in [0.29, 0.717) is 18.1 Å². The van der Waals surface area contributed by atoms with Gasteiger partial charge in [-0.25, -0.2) is 14.1 Å². The number of rotatable bonds is 4. The van der Waals surface area contributed by atoms with Crippen molar-refractivity contribution >= 4 is 29.3 Å². The summed E-state index contributed by atoms with van der Waals surface area (Å²) < 4.78 is 29.0. The molecular formula is C14H16FN5O2S. The average Bonchev–Trinajstić information content (AvgIpc) is 2.87. The molecule has 0 amide bonds. The van der Waals surface area contributed by atoms with E-state index in [1.165, 1.54) is 35.5 Å². The van der Waals surface area contributed by atoms with Crippen LogP contribution in [0.2, 0.25) is 0 Å². The molecule has 0 unspecified atom stereocenters. The highest BCUT2D eigenvalue weighted by Crippen LogP contribution is 2.25. The fourth-order valence-electron chi connectivity index (χ4n) is 2.10. The van der Waals surface area contributed by atoms with Gasteiger partial charge >= 0.3 is 0 Å². The van der Waals surface area contributed by atoms with Crippen LogP contribution in [0.15, 0.2) is 23.4 Å². The summed E-state index contributed by atoms with van der Waals surface area (Å²) in [5.41, 5.74) is 0.125. The minimum atomic E-state index is -0.440. The van der Waals surface area contributed by atoms with E-state index in [4.69, 9.17) is 20.3 Å². The Hall–Kier alpha value is -1.97. The van der Waals surface area contributed by atoms with Crippen LogP contribution in [-0.4, -0.2) is 39.9 Å². The molecule has 0 aromatic carbocycles. The Bertz CT molecular complexity index is 787. The molecule has 0 bridgehead atoms. The topological polar surface area (TPSA) is 95.5 Å². The zero-order chi connectivity index (χ0) is 16.6. The fraction of sp³-hybridized carbons (Fsp3) is 0.357. The van der Waals surface area contributed by atoms with E-state index >= 15 is 0 Å². The molecule has 0 atom stereocenters. The molecule has 2 aromatic heterocycles. The summed E-state index contributed by atoms with van der Waals surface area (Å²) in [4.78, 5) is 4.65. The van der Waals surface area contributed by atoms with Crippen LogP contribution in [0.3, 0.4) is 0 Å². The number of halogens is 1. The number of hydrogen-bond donors (Lipinski definition) is 3. The summed E-state index contributed by atoms with van der Waals surface area (Å²) in [7, 11) is 0. The van der Waals surface area contributed by atoms with Gasteiger partial charge in [0.05, 0.1) is 24.9 Å². The number of ether oxygens (including phenoxy) is 2. The highest BCUT2D eigenvalue weighted by atomic mass is 32.2. The van der Waals surface area contributed by atoms with E-state index in [1.54, 1.807) is 6.20 Å². The van der Waals surface area contributed by atoms with Gasteiger partial charge in [-0.15, -0.1) is 0 Å². The van der Waals surface area contributed by atoms with Crippen molar-refractivity contribution in [2.24, 2.45) is 0 Å². The molecule has 1 aliphatic rings. The van der Waals surface area contributed by atoms with E-state index in [9.17, 15) is 4.39 Å². The van der Waals surface area contributed by atoms with E-state index in [-0.39, 0.29) is 28.7 Å². The lowest BCUT2D eigenvalue weighted by Gasteiger charge is -2.38. The lowest BCUT2D eigenvalue weighted by atomic mass is 10.0. The smallest absolute Gasteiger partial charge is 0.257 e. The first kappa shape index (κ1) is 15.9. The quantitative estimate of drug-likeness (QED) is 0.452. The third-order valence-electron chi connectivity index (χ3n) is 3.28. The van der Waals surface area contributed by atoms with Crippen molar-refractivity contribution in [1.82, 2.24) is 14.1 Å². The molecule has 1 fully saturated rings. The number of pyridine rings is 1. The third-order valence-corrected chi connectivity index (χ3v) is 4.34. The van der Waals surface area contributed by atoms with Gasteiger partial charge in [0.1, 0.15) is 11.3 Å². The Kier molecular flexibility index (Phi) is 4.09. The van der Waals surface area contributed by atoms with Gasteiger partial charge in [0.2, 0.25) is 5.82 Å². The van der Waals surface area contributed by atoms with Crippen molar-refractivity contribution in [3.63, 3.8) is 0 Å². The van der Waals surface area contributed by atoms with Crippen LogP contribution in [0.1, 0.15) is 19.7 Å². The average molecular weight is 337 g/mol. The Morgan fingerprint density at radius 1 is 1.52 bits per heavy atom. The summed E-state index contributed by atoms with van der Waals surface area (Å²) in [6, 6.07) is 1.41. The predicted octanol–water partition coefficient (Wildman–Crippen LogP) is 2.20. The molecule has 3 rings (SSSR count). The molecule has 9 heteroatoms. The maximum atomic E-state index is 14.2. The molecule has 3 heterocycles. The van der Waals surface area contributed by atoms with Gasteiger partial charge < -0.3 is 9.47 Å². The highest BCUT2D eigenvalue weighted by molar-refractivity contribution is 7.97. The summed E-state index contributed by atoms with van der Waals surface area (Å²) in [6.07, 6.45) is 3.02. The van der Waals surface area contributed by atoms with Gasteiger partial charge in [-0.3, -0.25) is 15.2 Å². The van der Waals surface area contributed by atoms with Gasteiger partial charge in [-0.05, 0) is 24.9 Å². The molecule has 1 saturated heterocycles. The van der Waals surface area contributed by atoms with Gasteiger partial charge in [0.15, 0.2) is 5.90 Å². The van der Waals surface area contributed by atoms with Crippen molar-refractivity contribution in [2.45, 2.75) is 24.3 Å². The third kappa shape index (κ3) is 3.21. The Morgan fingerprint density at radius 2 is 2.26 bits per heavy atom. The molecule has 122 valence electrons. The minimum absolute atomic E-state index is 0.124. The first-order chi connectivity index (χ1) is 10.9. The molecule has 3 N–H and O–H groups in total. The standard InChI is InChI=1S/C14H16FN5O2S/c1-8(16)22-12(17)13-18-4-11-10(15)3-9(5-20(11)13)23-19-14(2)6-21-7-14/h3-5,16-17,19H,6-7H2,1-2H3. The van der Waals surface area contributed by atoms with Crippen LogP contribution in [0.5, 0.6) is 0 Å². The van der Waals surface area contributed by atoms with Gasteiger partial charge in [0, 0.05) is 18.0 Å². The summed E-state index contributed by atoms with van der Waals surface area (Å²) in [5, 5.41) is 15.1. The lowest BCUT2D eigenvalue weighted by Crippen LogP contribution is -2.55. The zero-order valence-corrected chi connectivity index (χ0v) is 13.5. The van der Waals surface area contributed by atoms with Crippen molar-refractivity contribution in [3.05, 3.63) is 30.1 Å². The predicted molar refractivity (Wildman–Crippen MR) is 84.7 cm³/mol. The van der Waals surface area contributed by atoms with Crippen LogP contribution in [0.4, 0.5) is 4.39 Å². The molecule has 23 heavy (non-hydrogen) atoms. The number of aromatic nitrogens is 2. The monoisotopic (exact) mass is 337 g/mol. The second kappa shape index (κ2) is 5.91. The maximum absolute atomic E-state index is 14.2. The lowest BCUT2D eigenvalue weighted by molar-refractivity contribution is -0.0510. The van der Waals surface area contributed by atoms with Crippen molar-refractivity contribution in [1.29, 1.82) is 10.8 Å². The van der Waals surface area contributed by atoms with Crippen LogP contribution < -0.4 is 4.72 Å². The summed E-state index contributed by atoms with van der Waals surface area (Å²) in [5.74, 6) is -0.722. The maximum Gasteiger partial charge on any atom is 0.257 e. The minimum Gasteiger partial charge on any atom is -0.422 e. The molecule has 7 nitrogen and oxygen atoms in total. The number of nitrogens with zero attached hydrogens (tertiary/aromatic N) is 2. The molecule has 0 spiro atoms. The largest absolute Gasteiger partial charge is 0.422 e. The number of imidazole rings is 1. The van der Waals surface area contributed by atoms with Crippen molar-refractivity contribution < 1.29 is 13.9 Å². The van der Waals surface area contributed by atoms with Crippen molar-refractivity contribution in [3.8, 4) is 0 Å². The van der Waals surface area contributed by atoms with Crippen molar-refractivity contribution in [2.75, 3.05) is 13.2 Å². The second-order valence-corrected chi connectivity index (χ2v) is 6.49. The SMILES string of the molecule is CC(=N)OC(=N)c1ncc2c(F)cc(SNC3(C)COC3)cn12. The Labute approximate surface area is 136 Å². The molecule has 0 saturated carbocycles. The first-order valence-corrected chi connectivity index (χ1v) is 7.70. The van der Waals surface area contributed by atoms with Gasteiger partial charge in [-0.1, -0.05) is 0 Å². The van der Waals surface area contributed by atoms with E-state index in [1.807, 2.05) is 6.92 Å². The molecule has 0 aliphatic carbocycles. The second-order valence-electron chi connectivity index (χ2n) is 5.61. The molecule has 0 radical (unpaired) electrons. The highest BCUT2D eigenvalue weighted by Gasteiger charge is 2.33. The first-order valence-electron chi connectivity index (χ1n) is 6.88. The van der Waals surface area contributed by atoms with Crippen LogP contribution in [0, 0.1) is 16.6 Å². The van der Waals surface area contributed by atoms with E-state index in [2.05, 4.69) is 9.71 Å². The van der Waals surface area contributed by atoms with Crippen LogP contribution >= 0.6 is 11.9 Å². The van der Waals surface area contributed by atoms with E-state index in [0.717, 1.165) is 0 Å². The molecular weight excluding hydrogens is 321 g/mol. The van der Waals surface area contributed by atoms with Crippen LogP contribution in [0.25, 0.3) is 5.52 Å². The number of fused-ring (bicyclic) bond motifs is 1. The normalized spacial score (nSPS) is 16.1. The zero-order valence-electron chi connectivity index (χ0n) is 12.6. The van der Waals surface area contributed by atoms with Crippen LogP contribution in [-0.2, 0) is 9.47 Å². The molecule has 2 aromatic rings. The number of hydrogen-bond acceptors (Lipinski definition) is 7. The van der Waals surface area contributed by atoms with E-state index < -0.39 is 5.82 Å². The number of nitrogens with one attached hydrogen (secondary N) is 3. The molecule has 1 aliphatic heterocycles. The summed E-state index contributed by atoms with van der Waals surface area (Å²) >= 11 is 1.30. The van der Waals surface area contributed by atoms with Gasteiger partial charge in [-0.2, -0.15) is 0 Å². The fourth-order valence-corrected chi connectivity index (χ4v) is 2.91. The Morgan fingerprint density at radius 3 is 2.87 bits per heavy atom. The Balaban J connectivity index is 1.88. The van der Waals surface area contributed by atoms with Gasteiger partial charge in [0.25, 0.3) is 5.90 Å².